The van der Waals surface area contributed by atoms with E-state index in [9.17, 15) is 4.79 Å². The number of nitrogens with zero attached hydrogens (tertiary/aromatic N) is 1. The zero-order valence-corrected chi connectivity index (χ0v) is 11.9. The predicted molar refractivity (Wildman–Crippen MR) is 76.2 cm³/mol. The molecule has 1 aromatic rings. The molecule has 106 valence electrons. The van der Waals surface area contributed by atoms with Crippen molar-refractivity contribution in [3.63, 3.8) is 0 Å². The molecule has 0 saturated heterocycles. The van der Waals surface area contributed by atoms with Crippen molar-refractivity contribution in [1.29, 1.82) is 5.26 Å². The molecule has 0 unspecified atom stereocenters. The lowest BCUT2D eigenvalue weighted by Crippen LogP contribution is -2.27. The van der Waals surface area contributed by atoms with E-state index in [-0.39, 0.29) is 5.57 Å². The molecule has 1 aromatic carbocycles. The van der Waals surface area contributed by atoms with Crippen LogP contribution in [0, 0.1) is 18.3 Å². The average molecular weight is 274 g/mol. The van der Waals surface area contributed by atoms with E-state index in [2.05, 4.69) is 5.32 Å². The number of amides is 1. The molecule has 1 N–H and O–H groups in total. The van der Waals surface area contributed by atoms with Crippen LogP contribution in [0.3, 0.4) is 0 Å². The Kier molecular flexibility index (Phi) is 6.27. The largest absolute Gasteiger partial charge is 0.497 e. The molecule has 0 aliphatic rings. The first-order chi connectivity index (χ1) is 9.62. The Balaban J connectivity index is 2.89. The second-order valence-corrected chi connectivity index (χ2v) is 4.14. The summed E-state index contributed by atoms with van der Waals surface area (Å²) in [6.07, 6.45) is 1.57. The Morgan fingerprint density at radius 2 is 2.20 bits per heavy atom. The summed E-state index contributed by atoms with van der Waals surface area (Å²) in [6, 6.07) is 7.36. The van der Waals surface area contributed by atoms with Crippen molar-refractivity contribution in [1.82, 2.24) is 5.32 Å². The minimum absolute atomic E-state index is 0.0642. The molecule has 0 radical (unpaired) electrons. The summed E-state index contributed by atoms with van der Waals surface area (Å²) < 4.78 is 9.95. The fourth-order valence-electron chi connectivity index (χ4n) is 1.60. The van der Waals surface area contributed by atoms with Crippen LogP contribution in [0.1, 0.15) is 11.1 Å². The van der Waals surface area contributed by atoms with E-state index in [1.165, 1.54) is 0 Å². The number of rotatable bonds is 6. The van der Waals surface area contributed by atoms with Crippen molar-refractivity contribution in [3.8, 4) is 11.8 Å². The number of carbonyl (C=O) groups is 1. The lowest BCUT2D eigenvalue weighted by molar-refractivity contribution is -0.117. The lowest BCUT2D eigenvalue weighted by atomic mass is 10.1. The number of hydrogen-bond acceptors (Lipinski definition) is 4. The molecule has 20 heavy (non-hydrogen) atoms. The maximum Gasteiger partial charge on any atom is 0.262 e. The highest BCUT2D eigenvalue weighted by molar-refractivity contribution is 6.01. The molecule has 0 fully saturated rings. The second-order valence-electron chi connectivity index (χ2n) is 4.14. The van der Waals surface area contributed by atoms with Crippen LogP contribution in [-0.2, 0) is 9.53 Å². The van der Waals surface area contributed by atoms with Gasteiger partial charge in [-0.3, -0.25) is 4.79 Å². The molecule has 0 aliphatic carbocycles. The SMILES string of the molecule is COCCNC(=O)/C(C#N)=C/c1ccc(OC)cc1C. The molecule has 0 aromatic heterocycles. The number of benzene rings is 1. The zero-order chi connectivity index (χ0) is 15.0. The molecule has 1 amide bonds. The number of ether oxygens (including phenoxy) is 2. The number of nitrogens with one attached hydrogen (secondary N) is 1. The van der Waals surface area contributed by atoms with Crippen LogP contribution in [-0.4, -0.2) is 33.3 Å². The summed E-state index contributed by atoms with van der Waals surface area (Å²) >= 11 is 0. The van der Waals surface area contributed by atoms with Gasteiger partial charge in [-0.1, -0.05) is 6.07 Å². The van der Waals surface area contributed by atoms with E-state index in [1.54, 1.807) is 26.4 Å². The first-order valence-electron chi connectivity index (χ1n) is 6.16. The summed E-state index contributed by atoms with van der Waals surface area (Å²) in [6.45, 7) is 2.67. The molecule has 0 bridgehead atoms. The summed E-state index contributed by atoms with van der Waals surface area (Å²) in [7, 11) is 3.14. The molecule has 5 nitrogen and oxygen atoms in total. The van der Waals surface area contributed by atoms with Gasteiger partial charge >= 0.3 is 0 Å². The highest BCUT2D eigenvalue weighted by Gasteiger charge is 2.09. The summed E-state index contributed by atoms with van der Waals surface area (Å²) in [5.41, 5.74) is 1.81. The highest BCUT2D eigenvalue weighted by atomic mass is 16.5. The maximum absolute atomic E-state index is 11.8. The van der Waals surface area contributed by atoms with E-state index in [1.807, 2.05) is 25.1 Å². The topological polar surface area (TPSA) is 71.3 Å². The molecule has 0 aliphatic heterocycles. The third-order valence-corrected chi connectivity index (χ3v) is 2.73. The van der Waals surface area contributed by atoms with Gasteiger partial charge in [0.2, 0.25) is 0 Å². The smallest absolute Gasteiger partial charge is 0.262 e. The quantitative estimate of drug-likeness (QED) is 0.486. The van der Waals surface area contributed by atoms with Crippen LogP contribution < -0.4 is 10.1 Å². The van der Waals surface area contributed by atoms with Gasteiger partial charge in [-0.25, -0.2) is 0 Å². The van der Waals surface area contributed by atoms with Crippen LogP contribution in [0.4, 0.5) is 0 Å². The Morgan fingerprint density at radius 1 is 1.45 bits per heavy atom. The van der Waals surface area contributed by atoms with Crippen molar-refractivity contribution < 1.29 is 14.3 Å². The van der Waals surface area contributed by atoms with Crippen LogP contribution in [0.15, 0.2) is 23.8 Å². The number of methoxy groups -OCH3 is 2. The maximum atomic E-state index is 11.8. The third-order valence-electron chi connectivity index (χ3n) is 2.73. The molecular formula is C15H18N2O3. The van der Waals surface area contributed by atoms with Gasteiger partial charge in [0.05, 0.1) is 13.7 Å². The Bertz CT molecular complexity index is 545. The van der Waals surface area contributed by atoms with Crippen molar-refractivity contribution in [3.05, 3.63) is 34.9 Å². The summed E-state index contributed by atoms with van der Waals surface area (Å²) in [5, 5.41) is 11.7. The Hall–Kier alpha value is -2.32. The van der Waals surface area contributed by atoms with Crippen molar-refractivity contribution in [2.24, 2.45) is 0 Å². The number of carbonyl (C=O) groups excluding carboxylic acids is 1. The predicted octanol–water partition coefficient (Wildman–Crippen LogP) is 1.67. The van der Waals surface area contributed by atoms with Crippen molar-refractivity contribution in [2.45, 2.75) is 6.92 Å². The fourth-order valence-corrected chi connectivity index (χ4v) is 1.60. The number of nitriles is 1. The Morgan fingerprint density at radius 3 is 2.75 bits per heavy atom. The number of hydrogen-bond donors (Lipinski definition) is 1. The van der Waals surface area contributed by atoms with Crippen LogP contribution in [0.2, 0.25) is 0 Å². The van der Waals surface area contributed by atoms with Gasteiger partial charge in [0.25, 0.3) is 5.91 Å². The molecule has 1 rings (SSSR count). The van der Waals surface area contributed by atoms with E-state index < -0.39 is 5.91 Å². The van der Waals surface area contributed by atoms with Gasteiger partial charge in [-0.05, 0) is 36.3 Å². The first-order valence-corrected chi connectivity index (χ1v) is 6.16. The van der Waals surface area contributed by atoms with Gasteiger partial charge in [-0.2, -0.15) is 5.26 Å². The lowest BCUT2D eigenvalue weighted by Gasteiger charge is -2.06. The van der Waals surface area contributed by atoms with E-state index >= 15 is 0 Å². The summed E-state index contributed by atoms with van der Waals surface area (Å²) in [5.74, 6) is 0.336. The van der Waals surface area contributed by atoms with Gasteiger partial charge in [0.1, 0.15) is 17.4 Å². The summed E-state index contributed by atoms with van der Waals surface area (Å²) in [4.78, 5) is 11.8. The Labute approximate surface area is 118 Å². The van der Waals surface area contributed by atoms with E-state index in [0.717, 1.165) is 16.9 Å². The molecule has 0 spiro atoms. The van der Waals surface area contributed by atoms with Crippen LogP contribution in [0.5, 0.6) is 5.75 Å². The number of aryl methyl sites for hydroxylation is 1. The van der Waals surface area contributed by atoms with Crippen molar-refractivity contribution in [2.75, 3.05) is 27.4 Å². The fraction of sp³-hybridized carbons (Fsp3) is 0.333. The molecule has 0 heterocycles. The molecular weight excluding hydrogens is 256 g/mol. The molecule has 0 atom stereocenters. The average Bonchev–Trinajstić information content (AvgIpc) is 2.46. The van der Waals surface area contributed by atoms with Gasteiger partial charge in [-0.15, -0.1) is 0 Å². The monoisotopic (exact) mass is 274 g/mol. The zero-order valence-electron chi connectivity index (χ0n) is 11.9. The third kappa shape index (κ3) is 4.41. The minimum atomic E-state index is -0.403. The van der Waals surface area contributed by atoms with Gasteiger partial charge in [0, 0.05) is 13.7 Å². The standard InChI is InChI=1S/C15H18N2O3/c1-11-8-14(20-3)5-4-12(11)9-13(10-16)15(18)17-6-7-19-2/h4-5,8-9H,6-7H2,1-3H3,(H,17,18)/b13-9+. The highest BCUT2D eigenvalue weighted by Crippen LogP contribution is 2.19. The van der Waals surface area contributed by atoms with Crippen LogP contribution >= 0.6 is 0 Å². The molecule has 5 heteroatoms. The normalized spacial score (nSPS) is 10.8. The van der Waals surface area contributed by atoms with Gasteiger partial charge in [0.15, 0.2) is 0 Å². The first kappa shape index (κ1) is 15.7. The van der Waals surface area contributed by atoms with Crippen molar-refractivity contribution >= 4 is 12.0 Å². The minimum Gasteiger partial charge on any atom is -0.497 e. The second kappa shape index (κ2) is 7.97. The van der Waals surface area contributed by atoms with Gasteiger partial charge < -0.3 is 14.8 Å². The van der Waals surface area contributed by atoms with E-state index in [0.29, 0.717) is 13.2 Å². The molecule has 0 saturated carbocycles. The van der Waals surface area contributed by atoms with E-state index in [4.69, 9.17) is 14.7 Å². The van der Waals surface area contributed by atoms with Crippen LogP contribution in [0.25, 0.3) is 6.08 Å².